The van der Waals surface area contributed by atoms with E-state index in [-0.39, 0.29) is 24.5 Å². The number of carbonyl (C=O) groups is 2. The van der Waals surface area contributed by atoms with Crippen molar-refractivity contribution in [3.63, 3.8) is 0 Å². The van der Waals surface area contributed by atoms with E-state index in [1.807, 2.05) is 11.0 Å². The summed E-state index contributed by atoms with van der Waals surface area (Å²) in [6, 6.07) is 6.76. The lowest BCUT2D eigenvalue weighted by atomic mass is 9.77. The van der Waals surface area contributed by atoms with Gasteiger partial charge in [0.25, 0.3) is 5.91 Å². The highest BCUT2D eigenvalue weighted by molar-refractivity contribution is 5.94. The molecular formula is C21H31N3O5. The number of amides is 2. The third kappa shape index (κ3) is 5.07. The van der Waals surface area contributed by atoms with E-state index < -0.39 is 11.2 Å². The van der Waals surface area contributed by atoms with Crippen molar-refractivity contribution < 1.29 is 24.2 Å². The van der Waals surface area contributed by atoms with Crippen LogP contribution in [-0.4, -0.2) is 71.9 Å². The Hall–Kier alpha value is -2.16. The molecule has 8 nitrogen and oxygen atoms in total. The first-order chi connectivity index (χ1) is 13.7. The van der Waals surface area contributed by atoms with E-state index in [0.717, 1.165) is 0 Å². The molecule has 4 N–H and O–H groups in total. The highest BCUT2D eigenvalue weighted by Crippen LogP contribution is 2.38. The van der Waals surface area contributed by atoms with Crippen molar-refractivity contribution in [1.82, 2.24) is 10.2 Å². The molecule has 8 heteroatoms. The molecule has 2 heterocycles. The number of aliphatic hydroxyl groups is 1. The Balaban J connectivity index is 1.62. The van der Waals surface area contributed by atoms with E-state index in [2.05, 4.69) is 5.32 Å². The van der Waals surface area contributed by atoms with Gasteiger partial charge in [0, 0.05) is 32.1 Å². The Labute approximate surface area is 171 Å². The van der Waals surface area contributed by atoms with Crippen LogP contribution in [0.5, 0.6) is 5.75 Å². The van der Waals surface area contributed by atoms with Crippen LogP contribution in [0.4, 0.5) is 0 Å². The van der Waals surface area contributed by atoms with E-state index in [0.29, 0.717) is 56.8 Å². The topological polar surface area (TPSA) is 114 Å². The van der Waals surface area contributed by atoms with Crippen LogP contribution in [0.3, 0.4) is 0 Å². The van der Waals surface area contributed by atoms with Crippen molar-refractivity contribution in [2.24, 2.45) is 5.73 Å². The summed E-state index contributed by atoms with van der Waals surface area (Å²) in [6.45, 7) is 5.22. The largest absolute Gasteiger partial charge is 0.492 e. The van der Waals surface area contributed by atoms with Gasteiger partial charge in [-0.3, -0.25) is 9.59 Å². The van der Waals surface area contributed by atoms with Crippen LogP contribution < -0.4 is 15.8 Å². The zero-order valence-corrected chi connectivity index (χ0v) is 17.1. The summed E-state index contributed by atoms with van der Waals surface area (Å²) < 4.78 is 11.6. The monoisotopic (exact) mass is 405 g/mol. The number of rotatable bonds is 5. The first-order valence-corrected chi connectivity index (χ1v) is 10.1. The van der Waals surface area contributed by atoms with Crippen molar-refractivity contribution >= 4 is 11.8 Å². The summed E-state index contributed by atoms with van der Waals surface area (Å²) in [6.07, 6.45) is 1.85. The first kappa shape index (κ1) is 21.5. The molecule has 29 heavy (non-hydrogen) atoms. The molecule has 160 valence electrons. The second-order valence-electron chi connectivity index (χ2n) is 8.24. The number of ether oxygens (including phenoxy) is 2. The third-order valence-electron chi connectivity index (χ3n) is 5.80. The molecule has 1 aromatic carbocycles. The molecule has 0 unspecified atom stereocenters. The average molecular weight is 405 g/mol. The number of benzene rings is 1. The molecular weight excluding hydrogens is 374 g/mol. The number of piperidine rings is 1. The maximum absolute atomic E-state index is 12.9. The van der Waals surface area contributed by atoms with Gasteiger partial charge in [-0.05, 0) is 44.4 Å². The van der Waals surface area contributed by atoms with E-state index in [1.165, 1.54) is 6.92 Å². The van der Waals surface area contributed by atoms with Crippen molar-refractivity contribution in [2.45, 2.75) is 50.4 Å². The van der Waals surface area contributed by atoms with Crippen LogP contribution in [-0.2, 0) is 9.53 Å². The van der Waals surface area contributed by atoms with Crippen molar-refractivity contribution in [2.75, 3.05) is 32.8 Å². The molecule has 0 aliphatic carbocycles. The normalized spacial score (nSPS) is 26.2. The minimum Gasteiger partial charge on any atom is -0.492 e. The lowest BCUT2D eigenvalue weighted by Gasteiger charge is -2.50. The Kier molecular flexibility index (Phi) is 6.45. The molecule has 2 saturated heterocycles. The number of likely N-dealkylation sites (tertiary alicyclic amines) is 1. The van der Waals surface area contributed by atoms with Gasteiger partial charge in [0.05, 0.1) is 18.2 Å². The van der Waals surface area contributed by atoms with Crippen LogP contribution in [0, 0.1) is 0 Å². The lowest BCUT2D eigenvalue weighted by Crippen LogP contribution is -2.63. The number of nitrogens with one attached hydrogen (secondary N) is 1. The van der Waals surface area contributed by atoms with Crippen LogP contribution in [0.1, 0.15) is 43.5 Å². The predicted octanol–water partition coefficient (Wildman–Crippen LogP) is 0.675. The number of nitrogens with two attached hydrogens (primary N) is 1. The van der Waals surface area contributed by atoms with Crippen LogP contribution in [0.25, 0.3) is 0 Å². The van der Waals surface area contributed by atoms with Crippen molar-refractivity contribution in [3.8, 4) is 5.75 Å². The highest BCUT2D eigenvalue weighted by atomic mass is 16.5. The summed E-state index contributed by atoms with van der Waals surface area (Å²) in [5.41, 5.74) is 4.51. The van der Waals surface area contributed by atoms with Gasteiger partial charge in [0.1, 0.15) is 18.0 Å². The van der Waals surface area contributed by atoms with Crippen molar-refractivity contribution in [3.05, 3.63) is 29.8 Å². The molecule has 0 saturated carbocycles. The molecule has 2 fully saturated rings. The van der Waals surface area contributed by atoms with E-state index >= 15 is 0 Å². The van der Waals surface area contributed by atoms with Gasteiger partial charge in [0.15, 0.2) is 0 Å². The molecule has 2 atom stereocenters. The molecule has 1 spiro atoms. The van der Waals surface area contributed by atoms with Gasteiger partial charge >= 0.3 is 0 Å². The summed E-state index contributed by atoms with van der Waals surface area (Å²) in [5, 5.41) is 13.4. The molecule has 0 radical (unpaired) electrons. The second kappa shape index (κ2) is 8.69. The van der Waals surface area contributed by atoms with Gasteiger partial charge < -0.3 is 30.5 Å². The van der Waals surface area contributed by atoms with Gasteiger partial charge in [-0.25, -0.2) is 0 Å². The molecule has 3 rings (SSSR count). The fourth-order valence-electron chi connectivity index (χ4n) is 4.05. The van der Waals surface area contributed by atoms with Gasteiger partial charge in [-0.2, -0.15) is 0 Å². The maximum atomic E-state index is 12.9. The Bertz CT molecular complexity index is 744. The van der Waals surface area contributed by atoms with Gasteiger partial charge in [-0.1, -0.05) is 6.07 Å². The summed E-state index contributed by atoms with van der Waals surface area (Å²) >= 11 is 0. The maximum Gasteiger partial charge on any atom is 0.253 e. The fraction of sp³-hybridized carbons (Fsp3) is 0.619. The molecule has 0 aromatic heterocycles. The summed E-state index contributed by atoms with van der Waals surface area (Å²) in [5.74, 6) is 0.418. The highest BCUT2D eigenvalue weighted by Gasteiger charge is 2.49. The molecule has 0 bridgehead atoms. The van der Waals surface area contributed by atoms with E-state index in [4.69, 9.17) is 15.2 Å². The first-order valence-electron chi connectivity index (χ1n) is 10.1. The fourth-order valence-corrected chi connectivity index (χ4v) is 4.05. The van der Waals surface area contributed by atoms with Crippen LogP contribution >= 0.6 is 0 Å². The summed E-state index contributed by atoms with van der Waals surface area (Å²) in [4.78, 5) is 26.3. The number of carbonyl (C=O) groups excluding carboxylic acids is 2. The predicted molar refractivity (Wildman–Crippen MR) is 108 cm³/mol. The average Bonchev–Trinajstić information content (AvgIpc) is 2.70. The minimum atomic E-state index is -1.10. The van der Waals surface area contributed by atoms with Crippen LogP contribution in [0.15, 0.2) is 24.3 Å². The second-order valence-corrected chi connectivity index (χ2v) is 8.24. The molecule has 2 aliphatic rings. The molecule has 1 aromatic rings. The quantitative estimate of drug-likeness (QED) is 0.664. The number of hydrogen-bond acceptors (Lipinski definition) is 6. The minimum absolute atomic E-state index is 0.0423. The summed E-state index contributed by atoms with van der Waals surface area (Å²) in [7, 11) is 0. The zero-order valence-electron chi connectivity index (χ0n) is 17.1. The lowest BCUT2D eigenvalue weighted by molar-refractivity contribution is -0.191. The Morgan fingerprint density at radius 2 is 2.10 bits per heavy atom. The number of nitrogens with zero attached hydrogens (tertiary/aromatic N) is 1. The molecule has 2 aliphatic heterocycles. The standard InChI is InChI=1S/C21H31N3O5/c1-15(25)23-18-13-21(29-14-20(18,2)27)6-9-24(10-7-21)19(26)16-4-3-5-17(12-16)28-11-8-22/h3-5,12,18,27H,6-11,13-14,22H2,1-2H3,(H,23,25)/t18-,20-/m0/s1. The zero-order chi connectivity index (χ0) is 21.1. The third-order valence-corrected chi connectivity index (χ3v) is 5.80. The van der Waals surface area contributed by atoms with E-state index in [1.54, 1.807) is 25.1 Å². The van der Waals surface area contributed by atoms with Gasteiger partial charge in [0.2, 0.25) is 5.91 Å². The smallest absolute Gasteiger partial charge is 0.253 e. The SMILES string of the molecule is CC(=O)N[C@H]1CC2(CCN(C(=O)c3cccc(OCCN)c3)CC2)OC[C@]1(C)O. The van der Waals surface area contributed by atoms with Crippen LogP contribution in [0.2, 0.25) is 0 Å². The Morgan fingerprint density at radius 1 is 1.38 bits per heavy atom. The van der Waals surface area contributed by atoms with Gasteiger partial charge in [-0.15, -0.1) is 0 Å². The molecule has 2 amide bonds. The number of hydrogen-bond donors (Lipinski definition) is 3. The van der Waals surface area contributed by atoms with E-state index in [9.17, 15) is 14.7 Å². The van der Waals surface area contributed by atoms with Crippen molar-refractivity contribution in [1.29, 1.82) is 0 Å². The Morgan fingerprint density at radius 3 is 2.76 bits per heavy atom.